The Bertz CT molecular complexity index is 727. The Morgan fingerprint density at radius 3 is 2.46 bits per heavy atom. The molecule has 3 rings (SSSR count). The number of fused-ring (bicyclic) bond motifs is 1. The molecule has 0 saturated carbocycles. The molecule has 4 heteroatoms. The van der Waals surface area contributed by atoms with Crippen LogP contribution >= 0.6 is 0 Å². The highest BCUT2D eigenvalue weighted by Gasteiger charge is 2.05. The first-order valence-corrected chi connectivity index (χ1v) is 8.70. The van der Waals surface area contributed by atoms with E-state index < -0.39 is 0 Å². The molecular weight excluding hydrogens is 298 g/mol. The highest BCUT2D eigenvalue weighted by Crippen LogP contribution is 2.22. The third-order valence-electron chi connectivity index (χ3n) is 4.30. The standard InChI is InChI=1S/C20H25N3O/c1-3-23(4-2)14-7-15-24-17-12-10-16(11-13-17)20-21-18-8-5-6-9-19(18)22-20/h5-6,8-13H,3-4,7,14-15H2,1-2H3,(H,21,22). The predicted molar refractivity (Wildman–Crippen MR) is 99.4 cm³/mol. The number of ether oxygens (including phenoxy) is 1. The average molecular weight is 323 g/mol. The normalized spacial score (nSPS) is 11.3. The summed E-state index contributed by atoms with van der Waals surface area (Å²) in [4.78, 5) is 10.4. The molecule has 0 aliphatic rings. The second-order valence-corrected chi connectivity index (χ2v) is 5.86. The number of benzene rings is 2. The zero-order valence-corrected chi connectivity index (χ0v) is 14.5. The van der Waals surface area contributed by atoms with Crippen molar-refractivity contribution in [3.63, 3.8) is 0 Å². The van der Waals surface area contributed by atoms with Gasteiger partial charge in [-0.1, -0.05) is 26.0 Å². The summed E-state index contributed by atoms with van der Waals surface area (Å²) in [6.07, 6.45) is 1.05. The van der Waals surface area contributed by atoms with Gasteiger partial charge in [0.1, 0.15) is 11.6 Å². The number of imidazole rings is 1. The first-order chi connectivity index (χ1) is 11.8. The number of nitrogens with zero attached hydrogens (tertiary/aromatic N) is 2. The molecule has 1 aromatic heterocycles. The Labute approximate surface area is 143 Å². The van der Waals surface area contributed by atoms with Crippen LogP contribution in [0.3, 0.4) is 0 Å². The van der Waals surface area contributed by atoms with E-state index in [0.717, 1.165) is 60.8 Å². The van der Waals surface area contributed by atoms with E-state index in [1.54, 1.807) is 0 Å². The van der Waals surface area contributed by atoms with Crippen LogP contribution in [0.25, 0.3) is 22.4 Å². The Morgan fingerprint density at radius 1 is 1.00 bits per heavy atom. The summed E-state index contributed by atoms with van der Waals surface area (Å²) in [7, 11) is 0. The number of para-hydroxylation sites is 2. The van der Waals surface area contributed by atoms with Gasteiger partial charge in [0.15, 0.2) is 0 Å². The summed E-state index contributed by atoms with van der Waals surface area (Å²) < 4.78 is 5.84. The second-order valence-electron chi connectivity index (χ2n) is 5.86. The van der Waals surface area contributed by atoms with Crippen LogP contribution in [0.15, 0.2) is 48.5 Å². The van der Waals surface area contributed by atoms with Gasteiger partial charge in [-0.15, -0.1) is 0 Å². The SMILES string of the molecule is CCN(CC)CCCOc1ccc(-c2nc3ccccc3[nH]2)cc1. The van der Waals surface area contributed by atoms with Crippen LogP contribution in [0.1, 0.15) is 20.3 Å². The molecule has 0 bridgehead atoms. The van der Waals surface area contributed by atoms with Crippen molar-refractivity contribution in [3.8, 4) is 17.1 Å². The number of hydrogen-bond acceptors (Lipinski definition) is 3. The minimum absolute atomic E-state index is 0.750. The van der Waals surface area contributed by atoms with E-state index in [1.807, 2.05) is 36.4 Å². The van der Waals surface area contributed by atoms with Crippen molar-refractivity contribution < 1.29 is 4.74 Å². The lowest BCUT2D eigenvalue weighted by Gasteiger charge is -2.17. The number of nitrogens with one attached hydrogen (secondary N) is 1. The lowest BCUT2D eigenvalue weighted by molar-refractivity contribution is 0.249. The van der Waals surface area contributed by atoms with E-state index in [1.165, 1.54) is 0 Å². The van der Waals surface area contributed by atoms with Crippen molar-refractivity contribution in [2.75, 3.05) is 26.2 Å². The average Bonchev–Trinajstić information content (AvgIpc) is 3.06. The highest BCUT2D eigenvalue weighted by atomic mass is 16.5. The van der Waals surface area contributed by atoms with Crippen molar-refractivity contribution in [2.45, 2.75) is 20.3 Å². The highest BCUT2D eigenvalue weighted by molar-refractivity contribution is 5.79. The lowest BCUT2D eigenvalue weighted by atomic mass is 10.2. The number of aromatic amines is 1. The van der Waals surface area contributed by atoms with E-state index in [4.69, 9.17) is 4.74 Å². The molecule has 0 aliphatic heterocycles. The summed E-state index contributed by atoms with van der Waals surface area (Å²) in [6.45, 7) is 8.43. The van der Waals surface area contributed by atoms with Crippen molar-refractivity contribution in [1.82, 2.24) is 14.9 Å². The largest absolute Gasteiger partial charge is 0.494 e. The van der Waals surface area contributed by atoms with Gasteiger partial charge in [0.25, 0.3) is 0 Å². The Hall–Kier alpha value is -2.33. The summed E-state index contributed by atoms with van der Waals surface area (Å²) in [5.74, 6) is 1.80. The molecular formula is C20H25N3O. The molecule has 0 atom stereocenters. The zero-order chi connectivity index (χ0) is 16.8. The molecule has 3 aromatic rings. The summed E-state index contributed by atoms with van der Waals surface area (Å²) in [6, 6.07) is 16.2. The molecule has 0 spiro atoms. The molecule has 126 valence electrons. The molecule has 0 radical (unpaired) electrons. The fraction of sp³-hybridized carbons (Fsp3) is 0.350. The van der Waals surface area contributed by atoms with Crippen LogP contribution in [0, 0.1) is 0 Å². The summed E-state index contributed by atoms with van der Waals surface area (Å²) in [5.41, 5.74) is 3.12. The Kier molecular flexibility index (Phi) is 5.49. The van der Waals surface area contributed by atoms with Gasteiger partial charge in [-0.25, -0.2) is 4.98 Å². The molecule has 1 heterocycles. The molecule has 0 saturated heterocycles. The quantitative estimate of drug-likeness (QED) is 0.627. The van der Waals surface area contributed by atoms with Crippen molar-refractivity contribution in [2.24, 2.45) is 0 Å². The van der Waals surface area contributed by atoms with Crippen molar-refractivity contribution in [1.29, 1.82) is 0 Å². The number of aromatic nitrogens is 2. The van der Waals surface area contributed by atoms with Gasteiger partial charge >= 0.3 is 0 Å². The van der Waals surface area contributed by atoms with Crippen molar-refractivity contribution >= 4 is 11.0 Å². The Balaban J connectivity index is 1.57. The minimum Gasteiger partial charge on any atom is -0.494 e. The fourth-order valence-electron chi connectivity index (χ4n) is 2.82. The topological polar surface area (TPSA) is 41.1 Å². The number of rotatable bonds is 8. The van der Waals surface area contributed by atoms with Crippen LogP contribution in [-0.4, -0.2) is 41.1 Å². The summed E-state index contributed by atoms with van der Waals surface area (Å²) in [5, 5.41) is 0. The lowest BCUT2D eigenvalue weighted by Crippen LogP contribution is -2.25. The monoisotopic (exact) mass is 323 g/mol. The van der Waals surface area contributed by atoms with Gasteiger partial charge in [-0.3, -0.25) is 0 Å². The van der Waals surface area contributed by atoms with E-state index in [2.05, 4.69) is 40.8 Å². The molecule has 0 aliphatic carbocycles. The van der Waals surface area contributed by atoms with Gasteiger partial charge in [-0.2, -0.15) is 0 Å². The number of hydrogen-bond donors (Lipinski definition) is 1. The van der Waals surface area contributed by atoms with E-state index in [-0.39, 0.29) is 0 Å². The van der Waals surface area contributed by atoms with Gasteiger partial charge < -0.3 is 14.6 Å². The molecule has 4 nitrogen and oxygen atoms in total. The predicted octanol–water partition coefficient (Wildman–Crippen LogP) is 4.34. The Morgan fingerprint density at radius 2 is 1.75 bits per heavy atom. The minimum atomic E-state index is 0.750. The van der Waals surface area contributed by atoms with Crippen molar-refractivity contribution in [3.05, 3.63) is 48.5 Å². The van der Waals surface area contributed by atoms with Crippen LogP contribution in [0.5, 0.6) is 5.75 Å². The molecule has 0 unspecified atom stereocenters. The maximum Gasteiger partial charge on any atom is 0.138 e. The van der Waals surface area contributed by atoms with Gasteiger partial charge in [0.2, 0.25) is 0 Å². The van der Waals surface area contributed by atoms with Crippen LogP contribution in [-0.2, 0) is 0 Å². The maximum atomic E-state index is 5.84. The fourth-order valence-corrected chi connectivity index (χ4v) is 2.82. The van der Waals surface area contributed by atoms with Gasteiger partial charge in [0.05, 0.1) is 17.6 Å². The van der Waals surface area contributed by atoms with Crippen LogP contribution in [0.4, 0.5) is 0 Å². The summed E-state index contributed by atoms with van der Waals surface area (Å²) >= 11 is 0. The van der Waals surface area contributed by atoms with E-state index in [9.17, 15) is 0 Å². The van der Waals surface area contributed by atoms with Crippen LogP contribution in [0.2, 0.25) is 0 Å². The van der Waals surface area contributed by atoms with Gasteiger partial charge in [-0.05, 0) is 55.9 Å². The molecule has 24 heavy (non-hydrogen) atoms. The van der Waals surface area contributed by atoms with E-state index in [0.29, 0.717) is 0 Å². The van der Waals surface area contributed by atoms with Gasteiger partial charge in [0, 0.05) is 12.1 Å². The molecule has 0 amide bonds. The van der Waals surface area contributed by atoms with Crippen LogP contribution < -0.4 is 4.74 Å². The first kappa shape index (κ1) is 16.5. The number of H-pyrrole nitrogens is 1. The molecule has 0 fully saturated rings. The van der Waals surface area contributed by atoms with E-state index >= 15 is 0 Å². The second kappa shape index (κ2) is 7.97. The molecule has 1 N–H and O–H groups in total. The molecule has 2 aromatic carbocycles. The maximum absolute atomic E-state index is 5.84. The third-order valence-corrected chi connectivity index (χ3v) is 4.30. The smallest absolute Gasteiger partial charge is 0.138 e. The zero-order valence-electron chi connectivity index (χ0n) is 14.5. The first-order valence-electron chi connectivity index (χ1n) is 8.70. The third kappa shape index (κ3) is 3.95.